The zero-order valence-electron chi connectivity index (χ0n) is 13.8. The Labute approximate surface area is 141 Å². The number of benzene rings is 1. The standard InChI is InChI=1S/C18H22N2O4/c1-24-17(22)8-14(12-6-7-12)9-19-16(21)11-20-10-13-4-2-3-5-15(13)18(20)23/h2-5,12,14H,6-11H2,1H3,(H,19,21). The second kappa shape index (κ2) is 7.03. The molecule has 6 heteroatoms. The molecule has 1 atom stereocenters. The predicted molar refractivity (Wildman–Crippen MR) is 87.0 cm³/mol. The molecule has 1 aliphatic heterocycles. The van der Waals surface area contributed by atoms with E-state index in [0.29, 0.717) is 31.0 Å². The summed E-state index contributed by atoms with van der Waals surface area (Å²) in [7, 11) is 1.38. The molecule has 24 heavy (non-hydrogen) atoms. The Kier molecular flexibility index (Phi) is 4.83. The average Bonchev–Trinajstić information content (AvgIpc) is 3.38. The monoisotopic (exact) mass is 330 g/mol. The third-order valence-electron chi connectivity index (χ3n) is 4.74. The Morgan fingerprint density at radius 1 is 1.33 bits per heavy atom. The summed E-state index contributed by atoms with van der Waals surface area (Å²) in [6.07, 6.45) is 2.52. The third kappa shape index (κ3) is 3.75. The maximum absolute atomic E-state index is 12.3. The van der Waals surface area contributed by atoms with Crippen molar-refractivity contribution in [1.29, 1.82) is 0 Å². The zero-order valence-corrected chi connectivity index (χ0v) is 13.8. The number of methoxy groups -OCH3 is 1. The maximum atomic E-state index is 12.3. The first kappa shape index (κ1) is 16.5. The molecule has 0 bridgehead atoms. The minimum absolute atomic E-state index is 0.0448. The fourth-order valence-electron chi connectivity index (χ4n) is 3.19. The van der Waals surface area contributed by atoms with E-state index in [-0.39, 0.29) is 30.2 Å². The Hall–Kier alpha value is -2.37. The minimum Gasteiger partial charge on any atom is -0.469 e. The molecule has 128 valence electrons. The lowest BCUT2D eigenvalue weighted by Crippen LogP contribution is -2.39. The maximum Gasteiger partial charge on any atom is 0.305 e. The van der Waals surface area contributed by atoms with Crippen LogP contribution in [-0.2, 0) is 20.9 Å². The first-order valence-electron chi connectivity index (χ1n) is 8.29. The lowest BCUT2D eigenvalue weighted by Gasteiger charge is -2.18. The lowest BCUT2D eigenvalue weighted by molar-refractivity contribution is -0.142. The summed E-state index contributed by atoms with van der Waals surface area (Å²) >= 11 is 0. The van der Waals surface area contributed by atoms with Crippen molar-refractivity contribution in [3.05, 3.63) is 35.4 Å². The molecule has 1 heterocycles. The van der Waals surface area contributed by atoms with Crippen LogP contribution in [0.5, 0.6) is 0 Å². The van der Waals surface area contributed by atoms with Gasteiger partial charge in [0, 0.05) is 18.7 Å². The summed E-state index contributed by atoms with van der Waals surface area (Å²) < 4.78 is 4.72. The number of nitrogens with one attached hydrogen (secondary N) is 1. The normalized spacial score (nSPS) is 17.4. The number of esters is 1. The largest absolute Gasteiger partial charge is 0.469 e. The predicted octanol–water partition coefficient (Wildman–Crippen LogP) is 1.35. The van der Waals surface area contributed by atoms with Crippen LogP contribution in [-0.4, -0.2) is 42.9 Å². The van der Waals surface area contributed by atoms with Crippen molar-refractivity contribution in [3.8, 4) is 0 Å². The molecule has 1 saturated carbocycles. The molecule has 1 aromatic rings. The van der Waals surface area contributed by atoms with Crippen molar-refractivity contribution in [2.45, 2.75) is 25.8 Å². The first-order valence-corrected chi connectivity index (χ1v) is 8.29. The molecule has 2 amide bonds. The van der Waals surface area contributed by atoms with Crippen molar-refractivity contribution in [2.24, 2.45) is 11.8 Å². The van der Waals surface area contributed by atoms with E-state index in [9.17, 15) is 14.4 Å². The number of rotatable bonds is 7. The fraction of sp³-hybridized carbons (Fsp3) is 0.500. The smallest absolute Gasteiger partial charge is 0.305 e. The highest BCUT2D eigenvalue weighted by Gasteiger charge is 2.33. The molecule has 1 fully saturated rings. The van der Waals surface area contributed by atoms with Crippen LogP contribution in [0.2, 0.25) is 0 Å². The van der Waals surface area contributed by atoms with Gasteiger partial charge in [-0.25, -0.2) is 0 Å². The van der Waals surface area contributed by atoms with Gasteiger partial charge in [-0.2, -0.15) is 0 Å². The highest BCUT2D eigenvalue weighted by Crippen LogP contribution is 2.38. The van der Waals surface area contributed by atoms with Crippen molar-refractivity contribution in [3.63, 3.8) is 0 Å². The average molecular weight is 330 g/mol. The number of nitrogens with zero attached hydrogens (tertiary/aromatic N) is 1. The van der Waals surface area contributed by atoms with Gasteiger partial charge in [0.25, 0.3) is 5.91 Å². The van der Waals surface area contributed by atoms with Gasteiger partial charge < -0.3 is 15.0 Å². The number of hydrogen-bond donors (Lipinski definition) is 1. The lowest BCUT2D eigenvalue weighted by atomic mass is 10.00. The summed E-state index contributed by atoms with van der Waals surface area (Å²) in [5, 5.41) is 2.87. The Morgan fingerprint density at radius 2 is 2.08 bits per heavy atom. The molecule has 1 aliphatic carbocycles. The number of amides is 2. The van der Waals surface area contributed by atoms with E-state index < -0.39 is 0 Å². The molecule has 1 unspecified atom stereocenters. The van der Waals surface area contributed by atoms with Gasteiger partial charge in [0.05, 0.1) is 13.5 Å². The van der Waals surface area contributed by atoms with Gasteiger partial charge in [-0.15, -0.1) is 0 Å². The Balaban J connectivity index is 1.49. The van der Waals surface area contributed by atoms with Crippen LogP contribution in [0.25, 0.3) is 0 Å². The van der Waals surface area contributed by atoms with Gasteiger partial charge in [-0.3, -0.25) is 14.4 Å². The molecule has 6 nitrogen and oxygen atoms in total. The number of hydrogen-bond acceptors (Lipinski definition) is 4. The number of ether oxygens (including phenoxy) is 1. The second-order valence-electron chi connectivity index (χ2n) is 6.50. The first-order chi connectivity index (χ1) is 11.6. The van der Waals surface area contributed by atoms with E-state index in [0.717, 1.165) is 18.4 Å². The van der Waals surface area contributed by atoms with Gasteiger partial charge in [-0.1, -0.05) is 18.2 Å². The zero-order chi connectivity index (χ0) is 17.1. The topological polar surface area (TPSA) is 75.7 Å². The Bertz CT molecular complexity index is 654. The van der Waals surface area contributed by atoms with Crippen molar-refractivity contribution in [1.82, 2.24) is 10.2 Å². The molecule has 1 aromatic carbocycles. The van der Waals surface area contributed by atoms with Crippen LogP contribution in [0.4, 0.5) is 0 Å². The SMILES string of the molecule is COC(=O)CC(CNC(=O)CN1Cc2ccccc2C1=O)C1CC1. The fourth-order valence-corrected chi connectivity index (χ4v) is 3.19. The van der Waals surface area contributed by atoms with Crippen LogP contribution >= 0.6 is 0 Å². The molecular formula is C18H22N2O4. The van der Waals surface area contributed by atoms with Gasteiger partial charge >= 0.3 is 5.97 Å². The van der Waals surface area contributed by atoms with Gasteiger partial charge in [0.2, 0.25) is 5.91 Å². The number of fused-ring (bicyclic) bond motifs is 1. The van der Waals surface area contributed by atoms with Gasteiger partial charge in [0.15, 0.2) is 0 Å². The van der Waals surface area contributed by atoms with Crippen LogP contribution in [0.15, 0.2) is 24.3 Å². The molecule has 3 rings (SSSR count). The van der Waals surface area contributed by atoms with E-state index in [1.54, 1.807) is 11.0 Å². The second-order valence-corrected chi connectivity index (χ2v) is 6.50. The van der Waals surface area contributed by atoms with E-state index in [4.69, 9.17) is 4.74 Å². The summed E-state index contributed by atoms with van der Waals surface area (Å²) in [5.74, 6) is 0.0713. The summed E-state index contributed by atoms with van der Waals surface area (Å²) in [5.41, 5.74) is 1.63. The minimum atomic E-state index is -0.244. The third-order valence-corrected chi connectivity index (χ3v) is 4.74. The summed E-state index contributed by atoms with van der Waals surface area (Å²) in [6, 6.07) is 7.41. The van der Waals surface area contributed by atoms with Crippen LogP contribution in [0.3, 0.4) is 0 Å². The molecule has 1 N–H and O–H groups in total. The van der Waals surface area contributed by atoms with Crippen LogP contribution in [0.1, 0.15) is 35.2 Å². The van der Waals surface area contributed by atoms with E-state index in [1.165, 1.54) is 7.11 Å². The van der Waals surface area contributed by atoms with E-state index >= 15 is 0 Å². The van der Waals surface area contributed by atoms with Crippen LogP contribution in [0, 0.1) is 11.8 Å². The number of carbonyl (C=O) groups excluding carboxylic acids is 3. The highest BCUT2D eigenvalue weighted by molar-refractivity contribution is 6.00. The van der Waals surface area contributed by atoms with Crippen molar-refractivity contribution < 1.29 is 19.1 Å². The van der Waals surface area contributed by atoms with E-state index in [2.05, 4.69) is 5.32 Å². The molecule has 0 aromatic heterocycles. The molecule has 0 saturated heterocycles. The summed E-state index contributed by atoms with van der Waals surface area (Å²) in [6.45, 7) is 0.966. The van der Waals surface area contributed by atoms with Crippen molar-refractivity contribution >= 4 is 17.8 Å². The molecule has 2 aliphatic rings. The number of carbonyl (C=O) groups is 3. The molecule has 0 radical (unpaired) electrons. The van der Waals surface area contributed by atoms with Crippen molar-refractivity contribution in [2.75, 3.05) is 20.2 Å². The quantitative estimate of drug-likeness (QED) is 0.766. The van der Waals surface area contributed by atoms with Gasteiger partial charge in [0.1, 0.15) is 6.54 Å². The summed E-state index contributed by atoms with van der Waals surface area (Å²) in [4.78, 5) is 37.4. The van der Waals surface area contributed by atoms with Gasteiger partial charge in [-0.05, 0) is 36.3 Å². The van der Waals surface area contributed by atoms with E-state index in [1.807, 2.05) is 18.2 Å². The molecular weight excluding hydrogens is 308 g/mol. The molecule has 0 spiro atoms. The van der Waals surface area contributed by atoms with Crippen LogP contribution < -0.4 is 5.32 Å². The Morgan fingerprint density at radius 3 is 2.75 bits per heavy atom. The highest BCUT2D eigenvalue weighted by atomic mass is 16.5.